The Bertz CT molecular complexity index is 510. The van der Waals surface area contributed by atoms with Crippen molar-refractivity contribution in [1.29, 1.82) is 0 Å². The standard InChI is InChI=1S/C10H9N3OS2/c1-6-8(16-10(11)14)13-9(15-6)7-2-4-12-5-3-7/h2-5H,1H3,(H2,11,14). The Balaban J connectivity index is 2.34. The van der Waals surface area contributed by atoms with Crippen molar-refractivity contribution in [2.45, 2.75) is 11.9 Å². The molecular weight excluding hydrogens is 242 g/mol. The maximum Gasteiger partial charge on any atom is 0.282 e. The molecule has 2 rings (SSSR count). The van der Waals surface area contributed by atoms with Crippen molar-refractivity contribution in [3.8, 4) is 10.6 Å². The molecular formula is C10H9N3OS2. The van der Waals surface area contributed by atoms with Crippen LogP contribution in [-0.4, -0.2) is 15.2 Å². The Morgan fingerprint density at radius 3 is 2.75 bits per heavy atom. The fraction of sp³-hybridized carbons (Fsp3) is 0.100. The van der Waals surface area contributed by atoms with Crippen molar-refractivity contribution in [2.24, 2.45) is 5.73 Å². The average molecular weight is 251 g/mol. The zero-order valence-corrected chi connectivity index (χ0v) is 10.1. The van der Waals surface area contributed by atoms with E-state index < -0.39 is 5.24 Å². The van der Waals surface area contributed by atoms with Gasteiger partial charge in [0.1, 0.15) is 10.0 Å². The average Bonchev–Trinajstić information content (AvgIpc) is 2.61. The SMILES string of the molecule is Cc1sc(-c2ccncc2)nc1SC(N)=O. The summed E-state index contributed by atoms with van der Waals surface area (Å²) in [6.45, 7) is 1.92. The number of thiazole rings is 1. The number of nitrogens with two attached hydrogens (primary N) is 1. The molecule has 0 radical (unpaired) electrons. The number of thioether (sulfide) groups is 1. The first-order chi connectivity index (χ1) is 7.66. The molecule has 0 saturated heterocycles. The van der Waals surface area contributed by atoms with Gasteiger partial charge in [0, 0.05) is 22.8 Å². The van der Waals surface area contributed by atoms with E-state index in [4.69, 9.17) is 5.73 Å². The van der Waals surface area contributed by atoms with Crippen LogP contribution in [0.1, 0.15) is 4.88 Å². The molecule has 0 aromatic carbocycles. The fourth-order valence-electron chi connectivity index (χ4n) is 1.19. The van der Waals surface area contributed by atoms with Gasteiger partial charge in [-0.1, -0.05) is 0 Å². The zero-order chi connectivity index (χ0) is 11.5. The molecule has 1 amide bonds. The quantitative estimate of drug-likeness (QED) is 0.833. The van der Waals surface area contributed by atoms with Crippen LogP contribution in [0.4, 0.5) is 4.79 Å². The van der Waals surface area contributed by atoms with E-state index in [1.807, 2.05) is 19.1 Å². The Hall–Kier alpha value is -1.40. The molecule has 4 nitrogen and oxygen atoms in total. The van der Waals surface area contributed by atoms with Gasteiger partial charge in [0.25, 0.3) is 5.24 Å². The third-order valence-electron chi connectivity index (χ3n) is 1.88. The number of carbonyl (C=O) groups excluding carboxylic acids is 1. The highest BCUT2D eigenvalue weighted by Crippen LogP contribution is 2.32. The predicted molar refractivity (Wildman–Crippen MR) is 65.5 cm³/mol. The predicted octanol–water partition coefficient (Wildman–Crippen LogP) is 2.68. The largest absolute Gasteiger partial charge is 0.360 e. The normalized spacial score (nSPS) is 10.3. The summed E-state index contributed by atoms with van der Waals surface area (Å²) in [4.78, 5) is 20.1. The monoisotopic (exact) mass is 251 g/mol. The maximum atomic E-state index is 10.8. The third-order valence-corrected chi connectivity index (χ3v) is 3.82. The molecule has 0 saturated carbocycles. The van der Waals surface area contributed by atoms with Crippen LogP contribution in [0.25, 0.3) is 10.6 Å². The summed E-state index contributed by atoms with van der Waals surface area (Å²) in [7, 11) is 0. The van der Waals surface area contributed by atoms with Gasteiger partial charge in [0.05, 0.1) is 0 Å². The molecule has 0 unspecified atom stereocenters. The van der Waals surface area contributed by atoms with Crippen molar-refractivity contribution in [3.63, 3.8) is 0 Å². The zero-order valence-electron chi connectivity index (χ0n) is 8.51. The topological polar surface area (TPSA) is 68.9 Å². The number of primary amides is 1. The Morgan fingerprint density at radius 2 is 2.12 bits per heavy atom. The second kappa shape index (κ2) is 4.63. The molecule has 0 atom stereocenters. The molecule has 0 aliphatic heterocycles. The van der Waals surface area contributed by atoms with Crippen LogP contribution >= 0.6 is 23.1 Å². The third kappa shape index (κ3) is 2.40. The Labute approximate surface area is 101 Å². The number of carbonyl (C=O) groups is 1. The van der Waals surface area contributed by atoms with E-state index in [1.54, 1.807) is 23.7 Å². The number of pyridine rings is 1. The van der Waals surface area contributed by atoms with Crippen LogP contribution in [0.3, 0.4) is 0 Å². The summed E-state index contributed by atoms with van der Waals surface area (Å²) in [5.41, 5.74) is 6.12. The molecule has 2 aromatic rings. The van der Waals surface area contributed by atoms with E-state index in [9.17, 15) is 4.79 Å². The number of hydrogen-bond acceptors (Lipinski definition) is 5. The number of rotatable bonds is 2. The highest BCUT2D eigenvalue weighted by atomic mass is 32.2. The lowest BCUT2D eigenvalue weighted by molar-refractivity contribution is 0.267. The second-order valence-corrected chi connectivity index (χ2v) is 5.23. The lowest BCUT2D eigenvalue weighted by atomic mass is 10.3. The van der Waals surface area contributed by atoms with Crippen molar-refractivity contribution in [2.75, 3.05) is 0 Å². The van der Waals surface area contributed by atoms with Crippen LogP contribution in [0.15, 0.2) is 29.6 Å². The maximum absolute atomic E-state index is 10.8. The highest BCUT2D eigenvalue weighted by molar-refractivity contribution is 8.13. The minimum absolute atomic E-state index is 0.435. The van der Waals surface area contributed by atoms with Crippen LogP contribution in [0.2, 0.25) is 0 Å². The summed E-state index contributed by atoms with van der Waals surface area (Å²) in [5, 5.41) is 1.13. The van der Waals surface area contributed by atoms with E-state index in [-0.39, 0.29) is 0 Å². The first kappa shape index (κ1) is 11.1. The van der Waals surface area contributed by atoms with Crippen molar-refractivity contribution in [1.82, 2.24) is 9.97 Å². The van der Waals surface area contributed by atoms with Crippen molar-refractivity contribution in [3.05, 3.63) is 29.4 Å². The smallest absolute Gasteiger partial charge is 0.282 e. The van der Waals surface area contributed by atoms with Gasteiger partial charge < -0.3 is 5.73 Å². The summed E-state index contributed by atoms with van der Waals surface area (Å²) in [6, 6.07) is 3.77. The van der Waals surface area contributed by atoms with Crippen LogP contribution < -0.4 is 5.73 Å². The molecule has 6 heteroatoms. The van der Waals surface area contributed by atoms with Crippen molar-refractivity contribution >= 4 is 28.3 Å². The van der Waals surface area contributed by atoms with E-state index in [0.717, 1.165) is 27.2 Å². The molecule has 82 valence electrons. The Kier molecular flexibility index (Phi) is 3.21. The molecule has 2 aromatic heterocycles. The molecule has 0 aliphatic rings. The second-order valence-electron chi connectivity index (χ2n) is 3.04. The number of aromatic nitrogens is 2. The van der Waals surface area contributed by atoms with E-state index in [2.05, 4.69) is 9.97 Å². The van der Waals surface area contributed by atoms with E-state index >= 15 is 0 Å². The summed E-state index contributed by atoms with van der Waals surface area (Å²) >= 11 is 2.51. The molecule has 0 spiro atoms. The number of amides is 1. The Morgan fingerprint density at radius 1 is 1.44 bits per heavy atom. The molecule has 0 fully saturated rings. The summed E-state index contributed by atoms with van der Waals surface area (Å²) in [5.74, 6) is 0. The minimum Gasteiger partial charge on any atom is -0.360 e. The van der Waals surface area contributed by atoms with Crippen molar-refractivity contribution < 1.29 is 4.79 Å². The van der Waals surface area contributed by atoms with Gasteiger partial charge in [-0.05, 0) is 30.8 Å². The first-order valence-corrected chi connectivity index (χ1v) is 6.15. The lowest BCUT2D eigenvalue weighted by Gasteiger charge is -1.93. The van der Waals surface area contributed by atoms with Crippen LogP contribution in [0.5, 0.6) is 0 Å². The van der Waals surface area contributed by atoms with Gasteiger partial charge in [-0.15, -0.1) is 11.3 Å². The minimum atomic E-state index is -0.435. The van der Waals surface area contributed by atoms with Gasteiger partial charge in [-0.25, -0.2) is 4.98 Å². The fourth-order valence-corrected chi connectivity index (χ4v) is 2.78. The van der Waals surface area contributed by atoms with Gasteiger partial charge in [0.2, 0.25) is 0 Å². The first-order valence-electron chi connectivity index (χ1n) is 4.52. The highest BCUT2D eigenvalue weighted by Gasteiger charge is 2.11. The molecule has 0 bridgehead atoms. The summed E-state index contributed by atoms with van der Waals surface area (Å²) < 4.78 is 0. The number of hydrogen-bond donors (Lipinski definition) is 1. The van der Waals surface area contributed by atoms with Gasteiger partial charge in [0.15, 0.2) is 0 Å². The van der Waals surface area contributed by atoms with Crippen LogP contribution in [-0.2, 0) is 0 Å². The number of aryl methyl sites for hydroxylation is 1. The van der Waals surface area contributed by atoms with Gasteiger partial charge >= 0.3 is 0 Å². The van der Waals surface area contributed by atoms with Gasteiger partial charge in [-0.2, -0.15) is 0 Å². The van der Waals surface area contributed by atoms with Crippen LogP contribution in [0, 0.1) is 6.92 Å². The van der Waals surface area contributed by atoms with Gasteiger partial charge in [-0.3, -0.25) is 9.78 Å². The molecule has 2 heterocycles. The number of nitrogens with zero attached hydrogens (tertiary/aromatic N) is 2. The summed E-state index contributed by atoms with van der Waals surface area (Å²) in [6.07, 6.45) is 3.43. The lowest BCUT2D eigenvalue weighted by Crippen LogP contribution is -2.01. The molecule has 0 aliphatic carbocycles. The molecule has 16 heavy (non-hydrogen) atoms. The van der Waals surface area contributed by atoms with E-state index in [0.29, 0.717) is 5.03 Å². The molecule has 2 N–H and O–H groups in total. The van der Waals surface area contributed by atoms with E-state index in [1.165, 1.54) is 0 Å².